The number of benzene rings is 1. The summed E-state index contributed by atoms with van der Waals surface area (Å²) in [5.41, 5.74) is 3.11. The quantitative estimate of drug-likeness (QED) is 0.907. The highest BCUT2D eigenvalue weighted by Crippen LogP contribution is 2.20. The van der Waals surface area contributed by atoms with Crippen molar-refractivity contribution in [3.8, 4) is 0 Å². The molecule has 1 aromatic carbocycles. The molecule has 1 fully saturated rings. The molecule has 0 saturated carbocycles. The molecule has 0 bridgehead atoms. The fourth-order valence-corrected chi connectivity index (χ4v) is 3.34. The van der Waals surface area contributed by atoms with Crippen molar-refractivity contribution in [3.63, 3.8) is 0 Å². The van der Waals surface area contributed by atoms with Gasteiger partial charge >= 0.3 is 0 Å². The van der Waals surface area contributed by atoms with E-state index in [-0.39, 0.29) is 6.04 Å². The second kappa shape index (κ2) is 7.30. The van der Waals surface area contributed by atoms with Crippen molar-refractivity contribution in [2.24, 2.45) is 0 Å². The van der Waals surface area contributed by atoms with Gasteiger partial charge in [0.2, 0.25) is 0 Å². The highest BCUT2D eigenvalue weighted by atomic mass is 19.2. The van der Waals surface area contributed by atoms with Gasteiger partial charge < -0.3 is 5.32 Å². The van der Waals surface area contributed by atoms with Crippen molar-refractivity contribution >= 4 is 5.69 Å². The minimum absolute atomic E-state index is 0.241. The summed E-state index contributed by atoms with van der Waals surface area (Å²) in [5.74, 6) is -1.62. The molecule has 4 nitrogen and oxygen atoms in total. The fourth-order valence-electron chi connectivity index (χ4n) is 3.34. The zero-order valence-corrected chi connectivity index (χ0v) is 14.2. The first-order chi connectivity index (χ1) is 11.6. The van der Waals surface area contributed by atoms with Gasteiger partial charge in [-0.25, -0.2) is 8.78 Å². The molecule has 1 aliphatic heterocycles. The van der Waals surface area contributed by atoms with Crippen LogP contribution in [0.2, 0.25) is 0 Å². The molecule has 1 saturated heterocycles. The van der Waals surface area contributed by atoms with Gasteiger partial charge in [-0.15, -0.1) is 0 Å². The normalized spacial score (nSPS) is 18.8. The molecule has 1 aliphatic rings. The van der Waals surface area contributed by atoms with Crippen LogP contribution in [0.25, 0.3) is 0 Å². The van der Waals surface area contributed by atoms with Crippen LogP contribution in [-0.2, 0) is 13.1 Å². The summed E-state index contributed by atoms with van der Waals surface area (Å²) in [7, 11) is 0. The molecule has 0 radical (unpaired) electrons. The summed E-state index contributed by atoms with van der Waals surface area (Å²) in [6.45, 7) is 7.88. The summed E-state index contributed by atoms with van der Waals surface area (Å²) >= 11 is 0. The van der Waals surface area contributed by atoms with E-state index in [0.29, 0.717) is 5.69 Å². The first-order valence-electron chi connectivity index (χ1n) is 8.52. The van der Waals surface area contributed by atoms with Gasteiger partial charge in [0.1, 0.15) is 0 Å². The third-order valence-electron chi connectivity index (χ3n) is 4.69. The van der Waals surface area contributed by atoms with Crippen molar-refractivity contribution in [1.29, 1.82) is 0 Å². The van der Waals surface area contributed by atoms with Gasteiger partial charge in [-0.2, -0.15) is 5.10 Å². The smallest absolute Gasteiger partial charge is 0.160 e. The average molecular weight is 334 g/mol. The van der Waals surface area contributed by atoms with E-state index in [1.807, 2.05) is 10.9 Å². The molecule has 0 unspecified atom stereocenters. The van der Waals surface area contributed by atoms with Gasteiger partial charge in [-0.1, -0.05) is 0 Å². The Labute approximate surface area is 141 Å². The zero-order chi connectivity index (χ0) is 17.1. The molecule has 6 heteroatoms. The highest BCUT2D eigenvalue weighted by Gasteiger charge is 2.21. The topological polar surface area (TPSA) is 33.1 Å². The number of nitrogens with zero attached hydrogens (tertiary/aromatic N) is 3. The molecular weight excluding hydrogens is 310 g/mol. The van der Waals surface area contributed by atoms with Gasteiger partial charge in [0.25, 0.3) is 0 Å². The van der Waals surface area contributed by atoms with Gasteiger partial charge in [0.05, 0.1) is 6.20 Å². The van der Waals surface area contributed by atoms with E-state index in [1.165, 1.54) is 23.4 Å². The van der Waals surface area contributed by atoms with E-state index in [4.69, 9.17) is 0 Å². The third-order valence-corrected chi connectivity index (χ3v) is 4.69. The molecule has 1 atom stereocenters. The second-order valence-corrected chi connectivity index (χ2v) is 6.42. The average Bonchev–Trinajstić information content (AvgIpc) is 2.91. The standard InChI is InChI=1S/C18H24F2N4/c1-3-24-13(2)14(10-21-24)11-23-8-4-5-16(12-23)22-15-6-7-17(19)18(20)9-15/h6-7,9-10,16,22H,3-5,8,11-12H2,1-2H3/t16-/m1/s1. The Hall–Kier alpha value is -1.95. The Balaban J connectivity index is 1.61. The number of nitrogens with one attached hydrogen (secondary N) is 1. The van der Waals surface area contributed by atoms with E-state index in [2.05, 4.69) is 29.2 Å². The predicted molar refractivity (Wildman–Crippen MR) is 90.9 cm³/mol. The van der Waals surface area contributed by atoms with Crippen molar-refractivity contribution in [2.75, 3.05) is 18.4 Å². The fraction of sp³-hybridized carbons (Fsp3) is 0.500. The third kappa shape index (κ3) is 3.75. The van der Waals surface area contributed by atoms with E-state index < -0.39 is 11.6 Å². The minimum Gasteiger partial charge on any atom is -0.381 e. The lowest BCUT2D eigenvalue weighted by atomic mass is 10.0. The van der Waals surface area contributed by atoms with Crippen LogP contribution in [0.1, 0.15) is 31.0 Å². The number of rotatable bonds is 5. The number of halogens is 2. The number of hydrogen-bond acceptors (Lipinski definition) is 3. The molecule has 1 aromatic heterocycles. The van der Waals surface area contributed by atoms with Crippen LogP contribution in [0.3, 0.4) is 0 Å². The van der Waals surface area contributed by atoms with Crippen LogP contribution in [0, 0.1) is 18.6 Å². The molecule has 2 heterocycles. The van der Waals surface area contributed by atoms with Crippen molar-refractivity contribution in [2.45, 2.75) is 45.8 Å². The number of piperidine rings is 1. The second-order valence-electron chi connectivity index (χ2n) is 6.42. The van der Waals surface area contributed by atoms with Crippen LogP contribution in [0.15, 0.2) is 24.4 Å². The number of aryl methyl sites for hydroxylation is 1. The van der Waals surface area contributed by atoms with Gasteiger partial charge in [-0.3, -0.25) is 9.58 Å². The molecule has 3 rings (SSSR count). The Morgan fingerprint density at radius 3 is 2.83 bits per heavy atom. The number of anilines is 1. The molecular formula is C18H24F2N4. The maximum atomic E-state index is 13.3. The van der Waals surface area contributed by atoms with Crippen molar-refractivity contribution < 1.29 is 8.78 Å². The molecule has 0 spiro atoms. The van der Waals surface area contributed by atoms with Crippen LogP contribution < -0.4 is 5.32 Å². The maximum absolute atomic E-state index is 13.3. The molecule has 130 valence electrons. The van der Waals surface area contributed by atoms with E-state index in [1.54, 1.807) is 6.07 Å². The predicted octanol–water partition coefficient (Wildman–Crippen LogP) is 3.57. The van der Waals surface area contributed by atoms with Crippen LogP contribution in [0.5, 0.6) is 0 Å². The van der Waals surface area contributed by atoms with Gasteiger partial charge in [0, 0.05) is 48.7 Å². The Kier molecular flexibility index (Phi) is 5.14. The molecule has 2 aromatic rings. The Morgan fingerprint density at radius 1 is 1.29 bits per heavy atom. The van der Waals surface area contributed by atoms with Crippen molar-refractivity contribution in [1.82, 2.24) is 14.7 Å². The zero-order valence-electron chi connectivity index (χ0n) is 14.2. The van der Waals surface area contributed by atoms with Crippen LogP contribution in [-0.4, -0.2) is 33.8 Å². The maximum Gasteiger partial charge on any atom is 0.160 e. The lowest BCUT2D eigenvalue weighted by Crippen LogP contribution is -2.41. The first-order valence-corrected chi connectivity index (χ1v) is 8.52. The summed E-state index contributed by atoms with van der Waals surface area (Å²) in [5, 5.41) is 7.73. The monoisotopic (exact) mass is 334 g/mol. The Morgan fingerprint density at radius 2 is 2.12 bits per heavy atom. The molecule has 24 heavy (non-hydrogen) atoms. The van der Waals surface area contributed by atoms with E-state index in [9.17, 15) is 8.78 Å². The lowest BCUT2D eigenvalue weighted by molar-refractivity contribution is 0.208. The van der Waals surface area contributed by atoms with Crippen LogP contribution in [0.4, 0.5) is 14.5 Å². The van der Waals surface area contributed by atoms with Gasteiger partial charge in [0.15, 0.2) is 11.6 Å². The van der Waals surface area contributed by atoms with Crippen LogP contribution >= 0.6 is 0 Å². The minimum atomic E-state index is -0.811. The number of likely N-dealkylation sites (tertiary alicyclic amines) is 1. The van der Waals surface area contributed by atoms with Crippen molar-refractivity contribution in [3.05, 3.63) is 47.3 Å². The lowest BCUT2D eigenvalue weighted by Gasteiger charge is -2.33. The largest absolute Gasteiger partial charge is 0.381 e. The first kappa shape index (κ1) is 16.9. The van der Waals surface area contributed by atoms with Gasteiger partial charge in [-0.05, 0) is 45.4 Å². The molecule has 1 N–H and O–H groups in total. The Bertz CT molecular complexity index is 698. The molecule has 0 aliphatic carbocycles. The summed E-state index contributed by atoms with van der Waals surface area (Å²) in [6, 6.07) is 4.22. The van der Waals surface area contributed by atoms with E-state index in [0.717, 1.165) is 39.0 Å². The summed E-state index contributed by atoms with van der Waals surface area (Å²) < 4.78 is 28.4. The van der Waals surface area contributed by atoms with E-state index >= 15 is 0 Å². The summed E-state index contributed by atoms with van der Waals surface area (Å²) in [4.78, 5) is 2.39. The molecule has 0 amide bonds. The number of hydrogen-bond donors (Lipinski definition) is 1. The summed E-state index contributed by atoms with van der Waals surface area (Å²) in [6.07, 6.45) is 4.07. The highest BCUT2D eigenvalue weighted by molar-refractivity contribution is 5.44. The number of aromatic nitrogens is 2. The SMILES string of the molecule is CCn1ncc(CN2CCC[C@@H](Nc3ccc(F)c(F)c3)C2)c1C.